The minimum absolute atomic E-state index is 0.118. The molecular formula is C14H21NO. The Bertz CT molecular complexity index is 322. The van der Waals surface area contributed by atoms with Crippen LogP contribution < -0.4 is 5.32 Å². The van der Waals surface area contributed by atoms with E-state index in [2.05, 4.69) is 18.8 Å². The van der Waals surface area contributed by atoms with E-state index in [0.29, 0.717) is 6.42 Å². The fourth-order valence-electron chi connectivity index (χ4n) is 1.17. The lowest BCUT2D eigenvalue weighted by Gasteiger charge is -2.06. The van der Waals surface area contributed by atoms with Crippen LogP contribution in [0.4, 0.5) is 0 Å². The van der Waals surface area contributed by atoms with Gasteiger partial charge in [0.2, 0.25) is 0 Å². The molecular weight excluding hydrogens is 198 g/mol. The lowest BCUT2D eigenvalue weighted by atomic mass is 10.1. The van der Waals surface area contributed by atoms with Gasteiger partial charge in [0, 0.05) is 19.2 Å². The average Bonchev–Trinajstić information content (AvgIpc) is 2.28. The van der Waals surface area contributed by atoms with Crippen LogP contribution in [0.25, 0.3) is 0 Å². The monoisotopic (exact) mass is 219 g/mol. The molecule has 0 spiro atoms. The molecule has 0 atom stereocenters. The normalized spacial score (nSPS) is 12.3. The van der Waals surface area contributed by atoms with E-state index in [1.807, 2.05) is 32.2 Å². The first kappa shape index (κ1) is 14.4. The highest BCUT2D eigenvalue weighted by atomic mass is 16.1. The summed E-state index contributed by atoms with van der Waals surface area (Å²) in [7, 11) is 1.87. The highest BCUT2D eigenvalue weighted by Crippen LogP contribution is 2.07. The van der Waals surface area contributed by atoms with Gasteiger partial charge in [-0.1, -0.05) is 31.7 Å². The molecule has 0 saturated carbocycles. The van der Waals surface area contributed by atoms with Crippen LogP contribution in [0.2, 0.25) is 0 Å². The largest absolute Gasteiger partial charge is 0.388 e. The Kier molecular flexibility index (Phi) is 7.86. The van der Waals surface area contributed by atoms with Crippen LogP contribution in [0.5, 0.6) is 0 Å². The minimum atomic E-state index is 0.118. The molecule has 0 radical (unpaired) electrons. The molecule has 0 aliphatic rings. The second-order valence-electron chi connectivity index (χ2n) is 3.39. The lowest BCUT2D eigenvalue weighted by molar-refractivity contribution is -0.113. The fourth-order valence-corrected chi connectivity index (χ4v) is 1.17. The van der Waals surface area contributed by atoms with Gasteiger partial charge in [-0.2, -0.15) is 0 Å². The van der Waals surface area contributed by atoms with Crippen LogP contribution in [-0.4, -0.2) is 12.8 Å². The predicted molar refractivity (Wildman–Crippen MR) is 70.2 cm³/mol. The Balaban J connectivity index is 4.28. The molecule has 0 heterocycles. The Labute approximate surface area is 98.4 Å². The highest BCUT2D eigenvalue weighted by molar-refractivity contribution is 5.90. The van der Waals surface area contributed by atoms with Gasteiger partial charge in [0.1, 0.15) is 0 Å². The quantitative estimate of drug-likeness (QED) is 0.526. The SMILES string of the molecule is C=C(CC)/C(=C\C=C/CC(=O)/C=C/C)NC. The number of hydrogen-bond acceptors (Lipinski definition) is 2. The van der Waals surface area contributed by atoms with Crippen LogP contribution in [0.3, 0.4) is 0 Å². The number of rotatable bonds is 7. The second kappa shape index (κ2) is 8.72. The van der Waals surface area contributed by atoms with E-state index in [1.54, 1.807) is 12.2 Å². The molecule has 0 aromatic rings. The van der Waals surface area contributed by atoms with Gasteiger partial charge < -0.3 is 5.32 Å². The van der Waals surface area contributed by atoms with Gasteiger partial charge in [0.15, 0.2) is 5.78 Å². The van der Waals surface area contributed by atoms with Crippen molar-refractivity contribution < 1.29 is 4.79 Å². The molecule has 0 aliphatic carbocycles. The van der Waals surface area contributed by atoms with Crippen molar-refractivity contribution in [3.8, 4) is 0 Å². The first-order valence-corrected chi connectivity index (χ1v) is 5.53. The zero-order chi connectivity index (χ0) is 12.4. The van der Waals surface area contributed by atoms with E-state index in [9.17, 15) is 4.79 Å². The third-order valence-corrected chi connectivity index (χ3v) is 2.15. The van der Waals surface area contributed by atoms with E-state index in [-0.39, 0.29) is 5.78 Å². The molecule has 0 amide bonds. The zero-order valence-electron chi connectivity index (χ0n) is 10.4. The van der Waals surface area contributed by atoms with Crippen molar-refractivity contribution in [2.75, 3.05) is 7.05 Å². The Morgan fingerprint density at radius 3 is 2.62 bits per heavy atom. The van der Waals surface area contributed by atoms with E-state index >= 15 is 0 Å². The summed E-state index contributed by atoms with van der Waals surface area (Å²) in [5.41, 5.74) is 2.07. The summed E-state index contributed by atoms with van der Waals surface area (Å²) in [6.45, 7) is 7.85. The molecule has 1 N–H and O–H groups in total. The molecule has 0 aromatic heterocycles. The molecule has 88 valence electrons. The number of nitrogens with one attached hydrogen (secondary N) is 1. The van der Waals surface area contributed by atoms with Gasteiger partial charge in [-0.25, -0.2) is 0 Å². The van der Waals surface area contributed by atoms with Crippen LogP contribution in [0.1, 0.15) is 26.7 Å². The summed E-state index contributed by atoms with van der Waals surface area (Å²) in [6.07, 6.45) is 10.4. The summed E-state index contributed by atoms with van der Waals surface area (Å²) in [5.74, 6) is 0.118. The van der Waals surface area contributed by atoms with Crippen LogP contribution in [-0.2, 0) is 4.79 Å². The van der Waals surface area contributed by atoms with Crippen LogP contribution in [0.15, 0.2) is 48.2 Å². The number of carbonyl (C=O) groups is 1. The molecule has 0 unspecified atom stereocenters. The van der Waals surface area contributed by atoms with Crippen molar-refractivity contribution >= 4 is 5.78 Å². The van der Waals surface area contributed by atoms with Gasteiger partial charge in [0.25, 0.3) is 0 Å². The van der Waals surface area contributed by atoms with Crippen LogP contribution >= 0.6 is 0 Å². The summed E-state index contributed by atoms with van der Waals surface area (Å²) in [6, 6.07) is 0. The molecule has 16 heavy (non-hydrogen) atoms. The van der Waals surface area contributed by atoms with Gasteiger partial charge >= 0.3 is 0 Å². The number of hydrogen-bond donors (Lipinski definition) is 1. The Morgan fingerprint density at radius 2 is 2.12 bits per heavy atom. The third-order valence-electron chi connectivity index (χ3n) is 2.15. The van der Waals surface area contributed by atoms with E-state index in [4.69, 9.17) is 0 Å². The summed E-state index contributed by atoms with van der Waals surface area (Å²) in [5, 5.41) is 3.08. The summed E-state index contributed by atoms with van der Waals surface area (Å²) < 4.78 is 0. The van der Waals surface area contributed by atoms with Gasteiger partial charge in [-0.3, -0.25) is 4.79 Å². The number of carbonyl (C=O) groups excluding carboxylic acids is 1. The zero-order valence-corrected chi connectivity index (χ0v) is 10.4. The molecule has 0 bridgehead atoms. The first-order chi connectivity index (χ1) is 7.65. The molecule has 0 aliphatic heterocycles. The molecule has 2 heteroatoms. The Morgan fingerprint density at radius 1 is 1.44 bits per heavy atom. The van der Waals surface area contributed by atoms with Gasteiger partial charge in [-0.15, -0.1) is 0 Å². The standard InChI is InChI=1S/C14H21NO/c1-5-9-13(16)10-7-8-11-14(15-4)12(3)6-2/h5,7-9,11,15H,3,6,10H2,1-2,4H3/b8-7-,9-5+,14-11+. The van der Waals surface area contributed by atoms with Crippen molar-refractivity contribution in [3.63, 3.8) is 0 Å². The summed E-state index contributed by atoms with van der Waals surface area (Å²) in [4.78, 5) is 11.2. The van der Waals surface area contributed by atoms with E-state index in [1.165, 1.54) is 0 Å². The lowest BCUT2D eigenvalue weighted by Crippen LogP contribution is -2.06. The number of likely N-dealkylation sites (N-methyl/N-ethyl adjacent to an activating group) is 1. The molecule has 0 aromatic carbocycles. The van der Waals surface area contributed by atoms with Crippen molar-refractivity contribution in [2.24, 2.45) is 0 Å². The maximum atomic E-state index is 11.2. The third kappa shape index (κ3) is 6.02. The summed E-state index contributed by atoms with van der Waals surface area (Å²) >= 11 is 0. The van der Waals surface area contributed by atoms with Crippen molar-refractivity contribution in [1.29, 1.82) is 0 Å². The molecule has 0 rings (SSSR count). The van der Waals surface area contributed by atoms with Crippen molar-refractivity contribution in [2.45, 2.75) is 26.7 Å². The predicted octanol–water partition coefficient (Wildman–Crippen LogP) is 3.15. The van der Waals surface area contributed by atoms with E-state index in [0.717, 1.165) is 17.7 Å². The maximum Gasteiger partial charge on any atom is 0.159 e. The number of allylic oxidation sites excluding steroid dienone is 6. The van der Waals surface area contributed by atoms with Crippen molar-refractivity contribution in [3.05, 3.63) is 48.2 Å². The molecule has 0 fully saturated rings. The van der Waals surface area contributed by atoms with Gasteiger partial charge in [-0.05, 0) is 31.1 Å². The fraction of sp³-hybridized carbons (Fsp3) is 0.357. The number of ketones is 1. The second-order valence-corrected chi connectivity index (χ2v) is 3.39. The maximum absolute atomic E-state index is 11.2. The smallest absolute Gasteiger partial charge is 0.159 e. The van der Waals surface area contributed by atoms with Gasteiger partial charge in [0.05, 0.1) is 0 Å². The topological polar surface area (TPSA) is 29.1 Å². The molecule has 0 saturated heterocycles. The minimum Gasteiger partial charge on any atom is -0.388 e. The Hall–Kier alpha value is -1.57. The first-order valence-electron chi connectivity index (χ1n) is 5.53. The highest BCUT2D eigenvalue weighted by Gasteiger charge is 1.95. The van der Waals surface area contributed by atoms with Crippen molar-refractivity contribution in [1.82, 2.24) is 5.32 Å². The van der Waals surface area contributed by atoms with Crippen LogP contribution in [0, 0.1) is 0 Å². The average molecular weight is 219 g/mol. The molecule has 2 nitrogen and oxygen atoms in total. The van der Waals surface area contributed by atoms with E-state index < -0.39 is 0 Å².